The normalized spacial score (nSPS) is 18.6. The third kappa shape index (κ3) is 1.78. The number of fused-ring (bicyclic) bond motifs is 1. The first-order valence-corrected chi connectivity index (χ1v) is 6.48. The Labute approximate surface area is 115 Å². The topological polar surface area (TPSA) is 108 Å². The summed E-state index contributed by atoms with van der Waals surface area (Å²) in [5.74, 6) is 0.448. The Balaban J connectivity index is 2.36. The Morgan fingerprint density at radius 1 is 1.60 bits per heavy atom. The zero-order valence-corrected chi connectivity index (χ0v) is 11.2. The van der Waals surface area contributed by atoms with Crippen LogP contribution in [0.4, 0.5) is 5.82 Å². The van der Waals surface area contributed by atoms with E-state index in [0.717, 1.165) is 30.6 Å². The summed E-state index contributed by atoms with van der Waals surface area (Å²) >= 11 is 0. The summed E-state index contributed by atoms with van der Waals surface area (Å²) in [7, 11) is 1.59. The minimum absolute atomic E-state index is 0.158. The van der Waals surface area contributed by atoms with E-state index in [0.29, 0.717) is 11.3 Å². The van der Waals surface area contributed by atoms with Crippen LogP contribution in [0, 0.1) is 0 Å². The lowest BCUT2D eigenvalue weighted by Gasteiger charge is -2.17. The van der Waals surface area contributed by atoms with Crippen molar-refractivity contribution < 1.29 is 9.53 Å². The molecular formula is C13H17N5O2. The number of hydrogen-bond donors (Lipinski definition) is 3. The summed E-state index contributed by atoms with van der Waals surface area (Å²) in [5, 5.41) is 7.48. The monoisotopic (exact) mass is 275 g/mol. The largest absolute Gasteiger partial charge is 0.494 e. The molecule has 1 amide bonds. The molecule has 0 bridgehead atoms. The maximum atomic E-state index is 11.8. The lowest BCUT2D eigenvalue weighted by atomic mass is 9.93. The number of methoxy groups -OCH3 is 1. The molecule has 7 nitrogen and oxygen atoms in total. The highest BCUT2D eigenvalue weighted by molar-refractivity contribution is 6.01. The van der Waals surface area contributed by atoms with Crippen molar-refractivity contribution in [3.63, 3.8) is 0 Å². The predicted molar refractivity (Wildman–Crippen MR) is 74.9 cm³/mol. The second-order valence-electron chi connectivity index (χ2n) is 4.91. The summed E-state index contributed by atoms with van der Waals surface area (Å²) in [5.41, 5.74) is 13.3. The van der Waals surface area contributed by atoms with Crippen LogP contribution in [0.5, 0.6) is 5.75 Å². The summed E-state index contributed by atoms with van der Waals surface area (Å²) in [4.78, 5) is 11.8. The fourth-order valence-corrected chi connectivity index (χ4v) is 2.89. The van der Waals surface area contributed by atoms with Crippen LogP contribution in [-0.4, -0.2) is 35.7 Å². The molecule has 1 aliphatic heterocycles. The van der Waals surface area contributed by atoms with E-state index in [4.69, 9.17) is 16.2 Å². The molecular weight excluding hydrogens is 258 g/mol. The van der Waals surface area contributed by atoms with E-state index in [-0.39, 0.29) is 11.7 Å². The van der Waals surface area contributed by atoms with Gasteiger partial charge in [0, 0.05) is 30.3 Å². The molecule has 0 spiro atoms. The van der Waals surface area contributed by atoms with Gasteiger partial charge in [0.1, 0.15) is 11.3 Å². The Kier molecular flexibility index (Phi) is 2.98. The fraction of sp³-hybridized carbons (Fsp3) is 0.385. The lowest BCUT2D eigenvalue weighted by Crippen LogP contribution is -2.21. The number of nitrogen functional groups attached to an aromatic ring is 1. The van der Waals surface area contributed by atoms with Crippen LogP contribution in [0.15, 0.2) is 12.3 Å². The number of hydrogen-bond acceptors (Lipinski definition) is 5. The lowest BCUT2D eigenvalue weighted by molar-refractivity contribution is 0.0999. The van der Waals surface area contributed by atoms with Crippen LogP contribution in [0.3, 0.4) is 0 Å². The van der Waals surface area contributed by atoms with E-state index in [1.165, 1.54) is 0 Å². The Bertz CT molecular complexity index is 673. The van der Waals surface area contributed by atoms with Gasteiger partial charge in [0.25, 0.3) is 5.91 Å². The highest BCUT2D eigenvalue weighted by Gasteiger charge is 2.28. The van der Waals surface area contributed by atoms with Crippen molar-refractivity contribution in [2.45, 2.75) is 12.3 Å². The number of nitrogens with zero attached hydrogens (tertiary/aromatic N) is 2. The van der Waals surface area contributed by atoms with Gasteiger partial charge in [-0.1, -0.05) is 0 Å². The second-order valence-corrected chi connectivity index (χ2v) is 4.91. The van der Waals surface area contributed by atoms with Crippen LogP contribution >= 0.6 is 0 Å². The first-order valence-electron chi connectivity index (χ1n) is 6.48. The average molecular weight is 275 g/mol. The van der Waals surface area contributed by atoms with Gasteiger partial charge in [0.2, 0.25) is 0 Å². The van der Waals surface area contributed by atoms with Gasteiger partial charge in [-0.05, 0) is 13.0 Å². The Hall–Kier alpha value is -2.28. The molecule has 3 rings (SSSR count). The summed E-state index contributed by atoms with van der Waals surface area (Å²) in [6.45, 7) is 1.69. The molecule has 2 aromatic heterocycles. The number of amides is 1. The maximum absolute atomic E-state index is 11.8. The first-order chi connectivity index (χ1) is 9.63. The van der Waals surface area contributed by atoms with E-state index in [2.05, 4.69) is 10.4 Å². The number of rotatable bonds is 3. The number of anilines is 1. The molecule has 7 heteroatoms. The Morgan fingerprint density at radius 2 is 2.40 bits per heavy atom. The van der Waals surface area contributed by atoms with Crippen molar-refractivity contribution in [1.82, 2.24) is 14.9 Å². The molecule has 2 aromatic rings. The molecule has 1 aliphatic rings. The van der Waals surface area contributed by atoms with Crippen molar-refractivity contribution in [2.24, 2.45) is 5.73 Å². The van der Waals surface area contributed by atoms with Crippen molar-refractivity contribution in [1.29, 1.82) is 0 Å². The number of carbonyl (C=O) groups is 1. The van der Waals surface area contributed by atoms with Crippen molar-refractivity contribution in [3.05, 3.63) is 23.4 Å². The highest BCUT2D eigenvalue weighted by Crippen LogP contribution is 2.36. The molecule has 1 unspecified atom stereocenters. The molecule has 0 aliphatic carbocycles. The SMILES string of the molecule is COc1ccn2nc(N)c(C(N)=O)c(C3CCNC3)c12. The minimum Gasteiger partial charge on any atom is -0.494 e. The molecule has 20 heavy (non-hydrogen) atoms. The maximum Gasteiger partial charge on any atom is 0.252 e. The van der Waals surface area contributed by atoms with E-state index < -0.39 is 5.91 Å². The van der Waals surface area contributed by atoms with Crippen LogP contribution in [0.2, 0.25) is 0 Å². The van der Waals surface area contributed by atoms with Crippen LogP contribution < -0.4 is 21.5 Å². The van der Waals surface area contributed by atoms with Gasteiger partial charge in [-0.2, -0.15) is 0 Å². The van der Waals surface area contributed by atoms with Gasteiger partial charge in [0.15, 0.2) is 5.82 Å². The highest BCUT2D eigenvalue weighted by atomic mass is 16.5. The van der Waals surface area contributed by atoms with Crippen LogP contribution in [0.1, 0.15) is 28.3 Å². The summed E-state index contributed by atoms with van der Waals surface area (Å²) in [6.07, 6.45) is 2.69. The number of carbonyl (C=O) groups excluding carboxylic acids is 1. The molecule has 106 valence electrons. The number of nitrogens with two attached hydrogens (primary N) is 2. The van der Waals surface area contributed by atoms with Crippen molar-refractivity contribution in [3.8, 4) is 5.75 Å². The molecule has 0 radical (unpaired) electrons. The molecule has 3 heterocycles. The van der Waals surface area contributed by atoms with Gasteiger partial charge in [0.05, 0.1) is 12.7 Å². The Morgan fingerprint density at radius 3 is 3.00 bits per heavy atom. The standard InChI is InChI=1S/C13H17N5O2/c1-20-8-3-5-18-11(8)9(7-2-4-16-6-7)10(13(15)19)12(14)17-18/h3,5,7,16H,2,4,6H2,1H3,(H2,14,17)(H2,15,19). The quantitative estimate of drug-likeness (QED) is 0.736. The zero-order chi connectivity index (χ0) is 14.3. The molecule has 0 aromatic carbocycles. The fourth-order valence-electron chi connectivity index (χ4n) is 2.89. The third-order valence-corrected chi connectivity index (χ3v) is 3.76. The van der Waals surface area contributed by atoms with Gasteiger partial charge in [-0.15, -0.1) is 5.10 Å². The van der Waals surface area contributed by atoms with E-state index in [1.54, 1.807) is 23.9 Å². The van der Waals surface area contributed by atoms with Gasteiger partial charge in [-0.25, -0.2) is 4.52 Å². The second kappa shape index (κ2) is 4.68. The predicted octanol–water partition coefficient (Wildman–Crippen LogP) is 0.101. The van der Waals surface area contributed by atoms with E-state index in [9.17, 15) is 4.79 Å². The molecule has 1 atom stereocenters. The number of ether oxygens (including phenoxy) is 1. The van der Waals surface area contributed by atoms with Crippen molar-refractivity contribution in [2.75, 3.05) is 25.9 Å². The van der Waals surface area contributed by atoms with Gasteiger partial charge < -0.3 is 21.5 Å². The van der Waals surface area contributed by atoms with Crippen LogP contribution in [-0.2, 0) is 0 Å². The smallest absolute Gasteiger partial charge is 0.252 e. The summed E-state index contributed by atoms with van der Waals surface area (Å²) in [6, 6.07) is 1.80. The minimum atomic E-state index is -0.553. The number of primary amides is 1. The molecule has 1 saturated heterocycles. The molecule has 1 fully saturated rings. The van der Waals surface area contributed by atoms with Gasteiger partial charge >= 0.3 is 0 Å². The number of nitrogens with one attached hydrogen (secondary N) is 1. The molecule has 0 saturated carbocycles. The van der Waals surface area contributed by atoms with Crippen molar-refractivity contribution >= 4 is 17.2 Å². The van der Waals surface area contributed by atoms with Gasteiger partial charge in [-0.3, -0.25) is 4.79 Å². The first kappa shape index (κ1) is 12.7. The average Bonchev–Trinajstić information content (AvgIpc) is 3.05. The van der Waals surface area contributed by atoms with E-state index >= 15 is 0 Å². The summed E-state index contributed by atoms with van der Waals surface area (Å²) < 4.78 is 7.02. The van der Waals surface area contributed by atoms with Crippen LogP contribution in [0.25, 0.3) is 5.52 Å². The number of aromatic nitrogens is 2. The zero-order valence-electron chi connectivity index (χ0n) is 11.2. The molecule has 5 N–H and O–H groups in total. The third-order valence-electron chi connectivity index (χ3n) is 3.76. The van der Waals surface area contributed by atoms with E-state index in [1.807, 2.05) is 0 Å².